The number of carbonyl (C=O) groups is 1. The summed E-state index contributed by atoms with van der Waals surface area (Å²) in [5, 5.41) is 0. The van der Waals surface area contributed by atoms with E-state index in [0.29, 0.717) is 13.1 Å². The Morgan fingerprint density at radius 2 is 2.13 bits per heavy atom. The van der Waals surface area contributed by atoms with Crippen molar-refractivity contribution in [1.82, 2.24) is 4.90 Å². The summed E-state index contributed by atoms with van der Waals surface area (Å²) in [6.45, 7) is 8.94. The lowest BCUT2D eigenvalue weighted by Gasteiger charge is -2.42. The second-order valence-corrected chi connectivity index (χ2v) is 4.70. The molecule has 1 unspecified atom stereocenters. The van der Waals surface area contributed by atoms with Gasteiger partial charge in [0.15, 0.2) is 0 Å². The molecule has 0 aliphatic carbocycles. The van der Waals surface area contributed by atoms with Gasteiger partial charge in [0, 0.05) is 13.1 Å². The lowest BCUT2D eigenvalue weighted by Crippen LogP contribution is -2.56. The van der Waals surface area contributed by atoms with E-state index in [2.05, 4.69) is 0 Å². The number of morpholine rings is 1. The summed E-state index contributed by atoms with van der Waals surface area (Å²) >= 11 is 0. The number of rotatable bonds is 1. The van der Waals surface area contributed by atoms with Gasteiger partial charge in [0.25, 0.3) is 0 Å². The molecule has 1 amide bonds. The Morgan fingerprint density at radius 1 is 1.60 bits per heavy atom. The fourth-order valence-electron chi connectivity index (χ4n) is 1.91. The third-order valence-electron chi connectivity index (χ3n) is 2.27. The second kappa shape index (κ2) is 5.14. The molecule has 0 aromatic rings. The number of ether oxygens (including phenoxy) is 1. The van der Waals surface area contributed by atoms with Crippen molar-refractivity contribution in [1.29, 1.82) is 0 Å². The average Bonchev–Trinajstić information content (AvgIpc) is 1.98. The van der Waals surface area contributed by atoms with Crippen LogP contribution in [0.3, 0.4) is 0 Å². The fraction of sp³-hybridized carbons (Fsp3) is 0.900. The summed E-state index contributed by atoms with van der Waals surface area (Å²) in [5.74, 6) is 0.00762. The molecule has 2 N–H and O–H groups in total. The van der Waals surface area contributed by atoms with E-state index in [9.17, 15) is 4.79 Å². The highest BCUT2D eigenvalue weighted by Crippen LogP contribution is 2.20. The van der Waals surface area contributed by atoms with Crippen LogP contribution in [0.2, 0.25) is 0 Å². The van der Waals surface area contributed by atoms with Gasteiger partial charge in [0.2, 0.25) is 5.91 Å². The third kappa shape index (κ3) is 3.97. The highest BCUT2D eigenvalue weighted by Gasteiger charge is 2.34. The smallest absolute Gasteiger partial charge is 0.239 e. The monoisotopic (exact) mass is 236 g/mol. The normalized spacial score (nSPS) is 26.7. The first-order valence-electron chi connectivity index (χ1n) is 5.04. The van der Waals surface area contributed by atoms with Gasteiger partial charge < -0.3 is 15.4 Å². The van der Waals surface area contributed by atoms with Crippen LogP contribution in [0.15, 0.2) is 0 Å². The molecule has 0 bridgehead atoms. The van der Waals surface area contributed by atoms with E-state index in [1.165, 1.54) is 0 Å². The number of hydrogen-bond acceptors (Lipinski definition) is 3. The van der Waals surface area contributed by atoms with Crippen LogP contribution in [0.5, 0.6) is 0 Å². The quantitative estimate of drug-likeness (QED) is 0.732. The van der Waals surface area contributed by atoms with E-state index in [1.807, 2.05) is 20.8 Å². The lowest BCUT2D eigenvalue weighted by molar-refractivity contribution is -0.158. The van der Waals surface area contributed by atoms with E-state index in [0.717, 1.165) is 0 Å². The molecule has 1 fully saturated rings. The van der Waals surface area contributed by atoms with E-state index < -0.39 is 6.04 Å². The van der Waals surface area contributed by atoms with E-state index in [4.69, 9.17) is 10.5 Å². The molecule has 1 saturated heterocycles. The number of halogens is 1. The molecule has 1 aliphatic rings. The molecule has 0 aromatic carbocycles. The maximum absolute atomic E-state index is 11.7. The first-order chi connectivity index (χ1) is 6.32. The molecule has 0 radical (unpaired) electrons. The highest BCUT2D eigenvalue weighted by atomic mass is 35.5. The van der Waals surface area contributed by atoms with Crippen LogP contribution >= 0.6 is 12.4 Å². The molecule has 2 atom stereocenters. The van der Waals surface area contributed by atoms with Crippen LogP contribution in [0.25, 0.3) is 0 Å². The zero-order valence-electron chi connectivity index (χ0n) is 9.82. The Labute approximate surface area is 97.5 Å². The minimum absolute atomic E-state index is 0. The molecule has 15 heavy (non-hydrogen) atoms. The molecule has 5 heteroatoms. The molecular weight excluding hydrogens is 216 g/mol. The maximum Gasteiger partial charge on any atom is 0.239 e. The zero-order valence-corrected chi connectivity index (χ0v) is 10.6. The molecule has 1 aliphatic heterocycles. The standard InChI is InChI=1S/C10H20N2O2.ClH/c1-7-5-12(9(13)8(2)11)6-10(3,4)14-7;/h7-8H,5-6,11H2,1-4H3;1H/t7?,8-;/m1./s1. The van der Waals surface area contributed by atoms with Gasteiger partial charge in [-0.05, 0) is 27.7 Å². The largest absolute Gasteiger partial charge is 0.369 e. The number of hydrogen-bond donors (Lipinski definition) is 1. The van der Waals surface area contributed by atoms with Crippen molar-refractivity contribution < 1.29 is 9.53 Å². The van der Waals surface area contributed by atoms with Crippen molar-refractivity contribution in [3.05, 3.63) is 0 Å². The van der Waals surface area contributed by atoms with Crippen molar-refractivity contribution in [2.45, 2.75) is 45.4 Å². The average molecular weight is 237 g/mol. The fourth-order valence-corrected chi connectivity index (χ4v) is 1.91. The van der Waals surface area contributed by atoms with Gasteiger partial charge in [0.05, 0.1) is 17.7 Å². The van der Waals surface area contributed by atoms with Gasteiger partial charge in [-0.3, -0.25) is 4.79 Å². The van der Waals surface area contributed by atoms with Crippen LogP contribution in [-0.2, 0) is 9.53 Å². The molecule has 0 spiro atoms. The molecule has 1 heterocycles. The first kappa shape index (κ1) is 14.7. The summed E-state index contributed by atoms with van der Waals surface area (Å²) in [6.07, 6.45) is 0.0847. The van der Waals surface area contributed by atoms with E-state index in [1.54, 1.807) is 11.8 Å². The number of amides is 1. The van der Waals surface area contributed by atoms with Crippen molar-refractivity contribution >= 4 is 18.3 Å². The molecule has 0 saturated carbocycles. The zero-order chi connectivity index (χ0) is 10.9. The topological polar surface area (TPSA) is 55.6 Å². The van der Waals surface area contributed by atoms with Gasteiger partial charge in [-0.1, -0.05) is 0 Å². The Hall–Kier alpha value is -0.320. The number of nitrogens with zero attached hydrogens (tertiary/aromatic N) is 1. The summed E-state index contributed by atoms with van der Waals surface area (Å²) < 4.78 is 5.70. The van der Waals surface area contributed by atoms with Crippen molar-refractivity contribution in [3.63, 3.8) is 0 Å². The van der Waals surface area contributed by atoms with Gasteiger partial charge in [-0.2, -0.15) is 0 Å². The Balaban J connectivity index is 0.00000196. The lowest BCUT2D eigenvalue weighted by atomic mass is 10.0. The van der Waals surface area contributed by atoms with E-state index >= 15 is 0 Å². The van der Waals surface area contributed by atoms with Crippen LogP contribution in [0.4, 0.5) is 0 Å². The summed E-state index contributed by atoms with van der Waals surface area (Å²) in [7, 11) is 0. The van der Waals surface area contributed by atoms with Crippen molar-refractivity contribution in [2.75, 3.05) is 13.1 Å². The summed E-state index contributed by atoms with van der Waals surface area (Å²) in [6, 6.07) is -0.420. The Kier molecular flexibility index (Phi) is 5.03. The minimum Gasteiger partial charge on any atom is -0.369 e. The van der Waals surface area contributed by atoms with Gasteiger partial charge in [-0.25, -0.2) is 0 Å². The van der Waals surface area contributed by atoms with Crippen LogP contribution in [0, 0.1) is 0 Å². The maximum atomic E-state index is 11.7. The SMILES string of the molecule is CC1CN(C(=O)[C@@H](C)N)CC(C)(C)O1.Cl. The predicted octanol–water partition coefficient (Wildman–Crippen LogP) is 0.781. The summed E-state index contributed by atoms with van der Waals surface area (Å²) in [4.78, 5) is 13.5. The Morgan fingerprint density at radius 3 is 2.53 bits per heavy atom. The van der Waals surface area contributed by atoms with Gasteiger partial charge in [-0.15, -0.1) is 12.4 Å². The second-order valence-electron chi connectivity index (χ2n) is 4.70. The van der Waals surface area contributed by atoms with Crippen LogP contribution in [0.1, 0.15) is 27.7 Å². The predicted molar refractivity (Wildman–Crippen MR) is 62.1 cm³/mol. The van der Waals surface area contributed by atoms with E-state index in [-0.39, 0.29) is 30.0 Å². The van der Waals surface area contributed by atoms with Crippen molar-refractivity contribution in [2.24, 2.45) is 5.73 Å². The first-order valence-corrected chi connectivity index (χ1v) is 5.04. The molecule has 0 aromatic heterocycles. The highest BCUT2D eigenvalue weighted by molar-refractivity contribution is 5.85. The Bertz CT molecular complexity index is 231. The molecule has 1 rings (SSSR count). The van der Waals surface area contributed by atoms with Crippen molar-refractivity contribution in [3.8, 4) is 0 Å². The molecular formula is C10H21ClN2O2. The molecule has 4 nitrogen and oxygen atoms in total. The van der Waals surface area contributed by atoms with Crippen LogP contribution in [-0.4, -0.2) is 41.6 Å². The molecule has 90 valence electrons. The van der Waals surface area contributed by atoms with Gasteiger partial charge in [0.1, 0.15) is 0 Å². The van der Waals surface area contributed by atoms with Crippen LogP contribution < -0.4 is 5.73 Å². The minimum atomic E-state index is -0.420. The summed E-state index contributed by atoms with van der Waals surface area (Å²) in [5.41, 5.74) is 5.31. The number of nitrogens with two attached hydrogens (primary N) is 1. The van der Waals surface area contributed by atoms with Gasteiger partial charge >= 0.3 is 0 Å². The third-order valence-corrected chi connectivity index (χ3v) is 2.27. The number of carbonyl (C=O) groups excluding carboxylic acids is 1.